The minimum Gasteiger partial charge on any atom is -0.352 e. The molecule has 1 heterocycles. The molecule has 1 aromatic heterocycles. The summed E-state index contributed by atoms with van der Waals surface area (Å²) in [6, 6.07) is 16.0. The fourth-order valence-electron chi connectivity index (χ4n) is 2.50. The zero-order valence-electron chi connectivity index (χ0n) is 14.0. The van der Waals surface area contributed by atoms with Crippen molar-refractivity contribution >= 4 is 17.6 Å². The standard InChI is InChI=1S/C19H20ClN5/c1-21-19(23-12-15-6-8-17(20)9-7-15)24-13-16-4-2-3-5-18(16)25-11-10-22-14-25/h2-11,14H,12-13H2,1H3,(H2,21,23,24). The van der Waals surface area contributed by atoms with E-state index < -0.39 is 0 Å². The van der Waals surface area contributed by atoms with E-state index in [-0.39, 0.29) is 0 Å². The van der Waals surface area contributed by atoms with E-state index in [1.54, 1.807) is 19.6 Å². The maximum absolute atomic E-state index is 5.91. The predicted octanol–water partition coefficient (Wildman–Crippen LogP) is 3.39. The van der Waals surface area contributed by atoms with Crippen molar-refractivity contribution in [2.45, 2.75) is 13.1 Å². The van der Waals surface area contributed by atoms with Gasteiger partial charge in [0.05, 0.1) is 12.0 Å². The fourth-order valence-corrected chi connectivity index (χ4v) is 2.63. The van der Waals surface area contributed by atoms with Gasteiger partial charge in [0.2, 0.25) is 0 Å². The first-order valence-electron chi connectivity index (χ1n) is 8.01. The molecular weight excluding hydrogens is 334 g/mol. The molecule has 0 aliphatic heterocycles. The number of halogens is 1. The maximum atomic E-state index is 5.91. The summed E-state index contributed by atoms with van der Waals surface area (Å²) in [4.78, 5) is 8.39. The third kappa shape index (κ3) is 4.61. The van der Waals surface area contributed by atoms with Crippen LogP contribution in [-0.4, -0.2) is 22.6 Å². The molecule has 6 heteroatoms. The van der Waals surface area contributed by atoms with E-state index in [1.807, 2.05) is 47.2 Å². The van der Waals surface area contributed by atoms with E-state index in [0.717, 1.165) is 27.8 Å². The molecule has 0 atom stereocenters. The lowest BCUT2D eigenvalue weighted by Crippen LogP contribution is -2.36. The molecule has 3 aromatic rings. The number of para-hydroxylation sites is 1. The average Bonchev–Trinajstić information content (AvgIpc) is 3.18. The van der Waals surface area contributed by atoms with Gasteiger partial charge in [-0.15, -0.1) is 0 Å². The summed E-state index contributed by atoms with van der Waals surface area (Å²) < 4.78 is 2.00. The maximum Gasteiger partial charge on any atom is 0.191 e. The summed E-state index contributed by atoms with van der Waals surface area (Å²) in [6.07, 6.45) is 5.51. The van der Waals surface area contributed by atoms with Crippen molar-refractivity contribution < 1.29 is 0 Å². The Balaban J connectivity index is 1.61. The van der Waals surface area contributed by atoms with Crippen LogP contribution in [0.5, 0.6) is 0 Å². The SMILES string of the molecule is CN=C(NCc1ccc(Cl)cc1)NCc1ccccc1-n1ccnc1. The summed E-state index contributed by atoms with van der Waals surface area (Å²) in [5.41, 5.74) is 3.40. The van der Waals surface area contributed by atoms with Gasteiger partial charge in [-0.3, -0.25) is 4.99 Å². The van der Waals surface area contributed by atoms with Gasteiger partial charge >= 0.3 is 0 Å². The number of imidazole rings is 1. The largest absolute Gasteiger partial charge is 0.352 e. The highest BCUT2D eigenvalue weighted by Crippen LogP contribution is 2.14. The van der Waals surface area contributed by atoms with Crippen LogP contribution in [0.4, 0.5) is 0 Å². The Morgan fingerprint density at radius 3 is 2.56 bits per heavy atom. The lowest BCUT2D eigenvalue weighted by Gasteiger charge is -2.14. The van der Waals surface area contributed by atoms with Crippen molar-refractivity contribution in [1.82, 2.24) is 20.2 Å². The van der Waals surface area contributed by atoms with Gasteiger partial charge < -0.3 is 15.2 Å². The lowest BCUT2D eigenvalue weighted by molar-refractivity contribution is 0.804. The first kappa shape index (κ1) is 17.0. The molecule has 0 aliphatic rings. The first-order chi connectivity index (χ1) is 12.3. The average molecular weight is 354 g/mol. The number of guanidine groups is 1. The van der Waals surface area contributed by atoms with Crippen LogP contribution in [0.25, 0.3) is 5.69 Å². The van der Waals surface area contributed by atoms with E-state index in [2.05, 4.69) is 32.7 Å². The molecule has 0 spiro atoms. The zero-order valence-corrected chi connectivity index (χ0v) is 14.7. The van der Waals surface area contributed by atoms with Crippen LogP contribution in [-0.2, 0) is 13.1 Å². The molecule has 2 N–H and O–H groups in total. The van der Waals surface area contributed by atoms with Crippen molar-refractivity contribution in [3.63, 3.8) is 0 Å². The number of benzene rings is 2. The Morgan fingerprint density at radius 2 is 1.84 bits per heavy atom. The van der Waals surface area contributed by atoms with Gasteiger partial charge in [0, 0.05) is 37.6 Å². The number of aromatic nitrogens is 2. The Hall–Kier alpha value is -2.79. The molecule has 0 amide bonds. The van der Waals surface area contributed by atoms with Gasteiger partial charge in [-0.2, -0.15) is 0 Å². The van der Waals surface area contributed by atoms with Crippen molar-refractivity contribution in [3.05, 3.63) is 83.4 Å². The molecule has 2 aromatic carbocycles. The van der Waals surface area contributed by atoms with E-state index in [9.17, 15) is 0 Å². The van der Waals surface area contributed by atoms with Gasteiger partial charge in [-0.1, -0.05) is 41.9 Å². The molecular formula is C19H20ClN5. The lowest BCUT2D eigenvalue weighted by atomic mass is 10.1. The number of aliphatic imine (C=N–C) groups is 1. The summed E-state index contributed by atoms with van der Waals surface area (Å²) in [7, 11) is 1.76. The molecule has 5 nitrogen and oxygen atoms in total. The smallest absolute Gasteiger partial charge is 0.191 e. The number of rotatable bonds is 5. The highest BCUT2D eigenvalue weighted by atomic mass is 35.5. The van der Waals surface area contributed by atoms with E-state index >= 15 is 0 Å². The fraction of sp³-hybridized carbons (Fsp3) is 0.158. The first-order valence-corrected chi connectivity index (χ1v) is 8.39. The predicted molar refractivity (Wildman–Crippen MR) is 102 cm³/mol. The summed E-state index contributed by atoms with van der Waals surface area (Å²) >= 11 is 5.91. The number of hydrogen-bond donors (Lipinski definition) is 2. The molecule has 0 fully saturated rings. The Morgan fingerprint density at radius 1 is 1.08 bits per heavy atom. The van der Waals surface area contributed by atoms with Crippen LogP contribution in [0.3, 0.4) is 0 Å². The molecule has 25 heavy (non-hydrogen) atoms. The van der Waals surface area contributed by atoms with E-state index in [4.69, 9.17) is 11.6 Å². The third-order valence-electron chi connectivity index (χ3n) is 3.82. The summed E-state index contributed by atoms with van der Waals surface area (Å²) in [5, 5.41) is 7.39. The molecule has 0 aliphatic carbocycles. The second-order valence-corrected chi connectivity index (χ2v) is 5.94. The van der Waals surface area contributed by atoms with Crippen LogP contribution < -0.4 is 10.6 Å². The van der Waals surface area contributed by atoms with Crippen molar-refractivity contribution in [2.24, 2.45) is 4.99 Å². The van der Waals surface area contributed by atoms with Gasteiger partial charge in [0.15, 0.2) is 5.96 Å². The van der Waals surface area contributed by atoms with Gasteiger partial charge in [0.1, 0.15) is 0 Å². The number of nitrogens with one attached hydrogen (secondary N) is 2. The molecule has 0 saturated carbocycles. The van der Waals surface area contributed by atoms with Crippen LogP contribution in [0, 0.1) is 0 Å². The van der Waals surface area contributed by atoms with Crippen molar-refractivity contribution in [1.29, 1.82) is 0 Å². The normalized spacial score (nSPS) is 11.4. The Labute approximate surface area is 152 Å². The minimum atomic E-state index is 0.661. The van der Waals surface area contributed by atoms with Gasteiger partial charge in [0.25, 0.3) is 0 Å². The summed E-state index contributed by atoms with van der Waals surface area (Å²) in [5.74, 6) is 0.746. The number of nitrogens with zero attached hydrogens (tertiary/aromatic N) is 3. The quantitative estimate of drug-likeness (QED) is 0.546. The highest BCUT2D eigenvalue weighted by Gasteiger charge is 2.05. The topological polar surface area (TPSA) is 54.2 Å². The highest BCUT2D eigenvalue weighted by molar-refractivity contribution is 6.30. The van der Waals surface area contributed by atoms with Gasteiger partial charge in [-0.05, 0) is 29.3 Å². The van der Waals surface area contributed by atoms with Crippen molar-refractivity contribution in [2.75, 3.05) is 7.05 Å². The Kier molecular flexibility index (Phi) is 5.69. The van der Waals surface area contributed by atoms with Crippen LogP contribution >= 0.6 is 11.6 Å². The molecule has 0 radical (unpaired) electrons. The number of hydrogen-bond acceptors (Lipinski definition) is 2. The molecule has 128 valence electrons. The zero-order chi connectivity index (χ0) is 17.5. The monoisotopic (exact) mass is 353 g/mol. The third-order valence-corrected chi connectivity index (χ3v) is 4.07. The molecule has 0 bridgehead atoms. The summed E-state index contributed by atoms with van der Waals surface area (Å²) in [6.45, 7) is 1.34. The van der Waals surface area contributed by atoms with Gasteiger partial charge in [-0.25, -0.2) is 4.98 Å². The van der Waals surface area contributed by atoms with E-state index in [1.165, 1.54) is 0 Å². The Bertz CT molecular complexity index is 825. The second-order valence-electron chi connectivity index (χ2n) is 5.50. The van der Waals surface area contributed by atoms with Crippen molar-refractivity contribution in [3.8, 4) is 5.69 Å². The molecule has 0 unspecified atom stereocenters. The molecule has 3 rings (SSSR count). The minimum absolute atomic E-state index is 0.661. The molecule has 0 saturated heterocycles. The van der Waals surface area contributed by atoms with E-state index in [0.29, 0.717) is 13.1 Å². The second kappa shape index (κ2) is 8.35. The van der Waals surface area contributed by atoms with Crippen LogP contribution in [0.1, 0.15) is 11.1 Å². The van der Waals surface area contributed by atoms with Crippen LogP contribution in [0.2, 0.25) is 5.02 Å². The van der Waals surface area contributed by atoms with Crippen LogP contribution in [0.15, 0.2) is 72.2 Å².